The molecule has 1 rings (SSSR count). The molecule has 0 spiro atoms. The maximum absolute atomic E-state index is 11.6. The highest BCUT2D eigenvalue weighted by Crippen LogP contribution is 2.09. The molecule has 0 atom stereocenters. The molecule has 1 aliphatic carbocycles. The largest absolute Gasteiger partial charge is 0.461 e. The molecule has 0 aromatic heterocycles. The van der Waals surface area contributed by atoms with Gasteiger partial charge in [0.1, 0.15) is 5.71 Å². The van der Waals surface area contributed by atoms with Crippen molar-refractivity contribution in [3.05, 3.63) is 23.8 Å². The van der Waals surface area contributed by atoms with E-state index in [0.29, 0.717) is 18.6 Å². The van der Waals surface area contributed by atoms with Gasteiger partial charge in [0, 0.05) is 5.57 Å². The Labute approximate surface area is 107 Å². The Balaban J connectivity index is 2.41. The van der Waals surface area contributed by atoms with E-state index in [4.69, 9.17) is 4.74 Å². The molecular weight excluding hydrogens is 232 g/mol. The van der Waals surface area contributed by atoms with Gasteiger partial charge >= 0.3 is 5.97 Å². The summed E-state index contributed by atoms with van der Waals surface area (Å²) < 4.78 is 4.98. The highest BCUT2D eigenvalue weighted by atomic mass is 16.5. The van der Waals surface area contributed by atoms with Crippen LogP contribution in [0.25, 0.3) is 0 Å². The van der Waals surface area contributed by atoms with E-state index in [1.807, 2.05) is 26.0 Å². The van der Waals surface area contributed by atoms with Crippen LogP contribution in [0.2, 0.25) is 0 Å². The maximum atomic E-state index is 11.6. The number of hydrogen-bond donors (Lipinski definition) is 1. The summed E-state index contributed by atoms with van der Waals surface area (Å²) in [5, 5.41) is 3.72. The highest BCUT2D eigenvalue weighted by Gasteiger charge is 2.12. The Morgan fingerprint density at radius 3 is 2.78 bits per heavy atom. The van der Waals surface area contributed by atoms with E-state index in [1.54, 1.807) is 6.08 Å². The minimum absolute atomic E-state index is 0.135. The molecule has 18 heavy (non-hydrogen) atoms. The zero-order valence-electron chi connectivity index (χ0n) is 10.9. The van der Waals surface area contributed by atoms with Crippen LogP contribution in [0, 0.1) is 5.92 Å². The second kappa shape index (κ2) is 6.74. The summed E-state index contributed by atoms with van der Waals surface area (Å²) in [5.74, 6) is -0.537. The summed E-state index contributed by atoms with van der Waals surface area (Å²) in [6.45, 7) is 5.74. The van der Waals surface area contributed by atoms with E-state index < -0.39 is 5.97 Å². The Hall–Kier alpha value is -1.91. The number of esters is 1. The van der Waals surface area contributed by atoms with Gasteiger partial charge in [-0.25, -0.2) is 10.2 Å². The van der Waals surface area contributed by atoms with Crippen molar-refractivity contribution in [3.63, 3.8) is 0 Å². The molecule has 0 aromatic carbocycles. The molecule has 1 N–H and O–H groups in total. The van der Waals surface area contributed by atoms with E-state index in [-0.39, 0.29) is 17.5 Å². The van der Waals surface area contributed by atoms with Crippen LogP contribution in [0.15, 0.2) is 28.9 Å². The molecular formula is C13H18N2O3. The van der Waals surface area contributed by atoms with Crippen molar-refractivity contribution in [2.75, 3.05) is 6.61 Å². The summed E-state index contributed by atoms with van der Waals surface area (Å²) >= 11 is 0. The third-order valence-corrected chi connectivity index (χ3v) is 2.23. The zero-order valence-corrected chi connectivity index (χ0v) is 10.9. The number of carbonyl (C=O) groups is 2. The molecule has 0 fully saturated rings. The summed E-state index contributed by atoms with van der Waals surface area (Å²) in [6, 6.07) is 0. The quantitative estimate of drug-likeness (QED) is 0.457. The third-order valence-electron chi connectivity index (χ3n) is 2.23. The first-order valence-corrected chi connectivity index (χ1v) is 5.88. The van der Waals surface area contributed by atoms with E-state index >= 15 is 0 Å². The molecule has 0 aliphatic heterocycles. The van der Waals surface area contributed by atoms with Crippen LogP contribution in [0.5, 0.6) is 0 Å². The summed E-state index contributed by atoms with van der Waals surface area (Å²) in [5.41, 5.74) is 3.09. The number of amides is 1. The van der Waals surface area contributed by atoms with E-state index in [0.717, 1.165) is 0 Å². The molecule has 0 aromatic rings. The van der Waals surface area contributed by atoms with Crippen molar-refractivity contribution in [1.29, 1.82) is 0 Å². The minimum Gasteiger partial charge on any atom is -0.461 e. The van der Waals surface area contributed by atoms with Gasteiger partial charge in [0.05, 0.1) is 6.61 Å². The second-order valence-corrected chi connectivity index (χ2v) is 4.45. The number of nitrogens with one attached hydrogen (secondary N) is 1. The summed E-state index contributed by atoms with van der Waals surface area (Å²) in [6.07, 6.45) is 6.00. The first-order valence-electron chi connectivity index (χ1n) is 5.88. The molecule has 0 saturated carbocycles. The molecule has 0 unspecified atom stereocenters. The molecule has 0 bridgehead atoms. The Kier molecular flexibility index (Phi) is 5.30. The fourth-order valence-electron chi connectivity index (χ4n) is 1.21. The Morgan fingerprint density at radius 2 is 2.22 bits per heavy atom. The van der Waals surface area contributed by atoms with Gasteiger partial charge in [0.15, 0.2) is 0 Å². The van der Waals surface area contributed by atoms with Crippen molar-refractivity contribution >= 4 is 17.6 Å². The zero-order chi connectivity index (χ0) is 13.5. The van der Waals surface area contributed by atoms with E-state index in [2.05, 4.69) is 10.5 Å². The third kappa shape index (κ3) is 4.53. The predicted molar refractivity (Wildman–Crippen MR) is 68.9 cm³/mol. The van der Waals surface area contributed by atoms with E-state index in [9.17, 15) is 9.59 Å². The summed E-state index contributed by atoms with van der Waals surface area (Å²) in [7, 11) is 0. The van der Waals surface area contributed by atoms with Crippen molar-refractivity contribution < 1.29 is 14.3 Å². The monoisotopic (exact) mass is 250 g/mol. The first-order chi connectivity index (χ1) is 8.50. The van der Waals surface area contributed by atoms with Gasteiger partial charge in [-0.1, -0.05) is 32.1 Å². The number of carbonyl (C=O) groups excluding carboxylic acids is 2. The van der Waals surface area contributed by atoms with Gasteiger partial charge in [-0.05, 0) is 19.3 Å². The molecule has 1 amide bonds. The lowest BCUT2D eigenvalue weighted by atomic mass is 10.2. The van der Waals surface area contributed by atoms with Gasteiger partial charge in [-0.15, -0.1) is 0 Å². The number of ether oxygens (including phenoxy) is 1. The van der Waals surface area contributed by atoms with Crippen molar-refractivity contribution in [2.24, 2.45) is 11.0 Å². The minimum atomic E-state index is -0.512. The number of allylic oxidation sites excluding steroid dienone is 3. The molecule has 1 aliphatic rings. The first kappa shape index (κ1) is 14.2. The van der Waals surface area contributed by atoms with Crippen molar-refractivity contribution in [1.82, 2.24) is 5.43 Å². The van der Waals surface area contributed by atoms with Gasteiger partial charge in [-0.3, -0.25) is 4.79 Å². The molecule has 0 heterocycles. The van der Waals surface area contributed by atoms with Crippen LogP contribution < -0.4 is 5.43 Å². The molecule has 98 valence electrons. The molecule has 5 heteroatoms. The summed E-state index contributed by atoms with van der Waals surface area (Å²) in [4.78, 5) is 23.0. The Bertz CT molecular complexity index is 420. The van der Waals surface area contributed by atoms with Crippen LogP contribution in [0.4, 0.5) is 0 Å². The molecule has 0 saturated heterocycles. The Morgan fingerprint density at radius 1 is 1.50 bits per heavy atom. The van der Waals surface area contributed by atoms with Crippen LogP contribution in [-0.2, 0) is 14.3 Å². The normalized spacial score (nSPS) is 14.7. The van der Waals surface area contributed by atoms with Crippen molar-refractivity contribution in [3.8, 4) is 0 Å². The fourth-order valence-corrected chi connectivity index (χ4v) is 1.21. The average molecular weight is 250 g/mol. The number of rotatable bonds is 5. The fraction of sp³-hybridized carbons (Fsp3) is 0.462. The second-order valence-electron chi connectivity index (χ2n) is 4.45. The van der Waals surface area contributed by atoms with Gasteiger partial charge in [-0.2, -0.15) is 5.10 Å². The highest BCUT2D eigenvalue weighted by molar-refractivity contribution is 6.35. The van der Waals surface area contributed by atoms with Gasteiger partial charge in [0.2, 0.25) is 0 Å². The van der Waals surface area contributed by atoms with Crippen molar-refractivity contribution in [2.45, 2.75) is 27.2 Å². The lowest BCUT2D eigenvalue weighted by molar-refractivity contribution is -0.136. The van der Waals surface area contributed by atoms with Crippen LogP contribution in [0.3, 0.4) is 0 Å². The molecule has 0 radical (unpaired) electrons. The SMILES string of the molecule is C/C(=N\NC(=O)C1=CC=CC1)C(=O)OCC(C)C. The topological polar surface area (TPSA) is 67.8 Å². The number of nitrogens with zero attached hydrogens (tertiary/aromatic N) is 1. The number of hydrogen-bond acceptors (Lipinski definition) is 4. The smallest absolute Gasteiger partial charge is 0.354 e. The van der Waals surface area contributed by atoms with Crippen LogP contribution in [-0.4, -0.2) is 24.2 Å². The van der Waals surface area contributed by atoms with Crippen LogP contribution >= 0.6 is 0 Å². The average Bonchev–Trinajstić information content (AvgIpc) is 2.86. The van der Waals surface area contributed by atoms with Gasteiger partial charge in [0.25, 0.3) is 5.91 Å². The lowest BCUT2D eigenvalue weighted by Crippen LogP contribution is -2.24. The predicted octanol–water partition coefficient (Wildman–Crippen LogP) is 1.56. The number of hydrazone groups is 1. The maximum Gasteiger partial charge on any atom is 0.354 e. The van der Waals surface area contributed by atoms with E-state index in [1.165, 1.54) is 6.92 Å². The van der Waals surface area contributed by atoms with Gasteiger partial charge < -0.3 is 4.74 Å². The standard InChI is InChI=1S/C13H18N2O3/c1-9(2)8-18-13(17)10(3)14-15-12(16)11-6-4-5-7-11/h4-6,9H,7-8H2,1-3H3,(H,15,16)/b14-10+. The molecule has 5 nitrogen and oxygen atoms in total. The van der Waals surface area contributed by atoms with Crippen LogP contribution in [0.1, 0.15) is 27.2 Å². The lowest BCUT2D eigenvalue weighted by Gasteiger charge is -2.06.